The van der Waals surface area contributed by atoms with Crippen LogP contribution in [-0.4, -0.2) is 6.28 Å². The number of pyridine rings is 1. The van der Waals surface area contributed by atoms with Crippen LogP contribution in [0.3, 0.4) is 0 Å². The molecular weight excluding hydrogens is 385 g/mol. The van der Waals surface area contributed by atoms with E-state index >= 15 is 0 Å². The molecule has 152 valence electrons. The van der Waals surface area contributed by atoms with Crippen molar-refractivity contribution in [1.82, 2.24) is 0 Å². The van der Waals surface area contributed by atoms with E-state index in [9.17, 15) is 0 Å². The molecule has 6 rings (SSSR count). The zero-order valence-corrected chi connectivity index (χ0v) is 18.1. The van der Waals surface area contributed by atoms with Gasteiger partial charge in [-0.25, -0.2) is 0 Å². The Hall–Kier alpha value is -3.91. The van der Waals surface area contributed by atoms with Crippen LogP contribution in [0.5, 0.6) is 0 Å². The second-order valence-corrected chi connectivity index (χ2v) is 8.75. The molecule has 0 aliphatic carbocycles. The standard InChI is InChI=1S/C30H24BN/c1-23-21-27-22-29(24-13-5-2-6-14-24)31(25-15-7-3-8-16-25,26-17-9-4-10-18-26)32(27)30-20-12-11-19-28(23)30/h2-22H,1H3. The third-order valence-electron chi connectivity index (χ3n) is 7.04. The molecule has 0 radical (unpaired) electrons. The number of para-hydroxylation sites is 1. The lowest BCUT2D eigenvalue weighted by molar-refractivity contribution is -0.509. The largest absolute Gasteiger partial charge is 0.402 e. The molecular formula is C30H24BN. The van der Waals surface area contributed by atoms with Crippen molar-refractivity contribution in [3.05, 3.63) is 138 Å². The van der Waals surface area contributed by atoms with Gasteiger partial charge in [-0.05, 0) is 24.6 Å². The molecule has 1 aliphatic rings. The lowest BCUT2D eigenvalue weighted by atomic mass is 9.23. The van der Waals surface area contributed by atoms with Gasteiger partial charge in [0.2, 0.25) is 0 Å². The average Bonchev–Trinajstić information content (AvgIpc) is 3.22. The second-order valence-electron chi connectivity index (χ2n) is 8.75. The highest BCUT2D eigenvalue weighted by Gasteiger charge is 2.49. The van der Waals surface area contributed by atoms with Crippen molar-refractivity contribution in [2.75, 3.05) is 0 Å². The maximum absolute atomic E-state index is 2.61. The van der Waals surface area contributed by atoms with Crippen LogP contribution >= 0.6 is 0 Å². The number of benzene rings is 4. The normalized spacial score (nSPS) is 14.2. The molecule has 4 aromatic carbocycles. The summed E-state index contributed by atoms with van der Waals surface area (Å²) in [5, 5.41) is 1.30. The molecule has 0 spiro atoms. The van der Waals surface area contributed by atoms with Gasteiger partial charge in [0.05, 0.1) is 0 Å². The third-order valence-corrected chi connectivity index (χ3v) is 7.04. The molecule has 0 bridgehead atoms. The van der Waals surface area contributed by atoms with Crippen molar-refractivity contribution in [3.8, 4) is 0 Å². The fourth-order valence-corrected chi connectivity index (χ4v) is 5.76. The Kier molecular flexibility index (Phi) is 4.33. The predicted molar refractivity (Wildman–Crippen MR) is 136 cm³/mol. The minimum atomic E-state index is -1.42. The lowest BCUT2D eigenvalue weighted by Crippen LogP contribution is -2.78. The first-order chi connectivity index (χ1) is 15.8. The van der Waals surface area contributed by atoms with E-state index in [0.29, 0.717) is 0 Å². The third kappa shape index (κ3) is 2.63. The predicted octanol–water partition coefficient (Wildman–Crippen LogP) is 5.14. The van der Waals surface area contributed by atoms with Crippen LogP contribution in [0.1, 0.15) is 16.8 Å². The molecule has 1 aliphatic heterocycles. The summed E-state index contributed by atoms with van der Waals surface area (Å²) in [7, 11) is 0. The van der Waals surface area contributed by atoms with Crippen LogP contribution in [0.2, 0.25) is 0 Å². The van der Waals surface area contributed by atoms with Crippen molar-refractivity contribution in [1.29, 1.82) is 0 Å². The summed E-state index contributed by atoms with van der Waals surface area (Å²) in [6, 6.07) is 44.1. The lowest BCUT2D eigenvalue weighted by Gasteiger charge is -2.36. The van der Waals surface area contributed by atoms with Gasteiger partial charge < -0.3 is 4.48 Å². The van der Waals surface area contributed by atoms with E-state index in [1.807, 2.05) is 0 Å². The number of aryl methyl sites for hydroxylation is 1. The molecule has 0 amide bonds. The molecule has 2 heterocycles. The highest BCUT2D eigenvalue weighted by molar-refractivity contribution is 7.10. The van der Waals surface area contributed by atoms with Gasteiger partial charge in [0.25, 0.3) is 0 Å². The number of rotatable bonds is 3. The van der Waals surface area contributed by atoms with E-state index in [0.717, 1.165) is 0 Å². The topological polar surface area (TPSA) is 3.88 Å². The number of hydrogen-bond acceptors (Lipinski definition) is 0. The summed E-state index contributed by atoms with van der Waals surface area (Å²) >= 11 is 0. The Balaban J connectivity index is 1.83. The molecule has 0 unspecified atom stereocenters. The van der Waals surface area contributed by atoms with Gasteiger partial charge in [0, 0.05) is 17.5 Å². The molecule has 0 N–H and O–H groups in total. The molecule has 1 nitrogen and oxygen atoms in total. The first kappa shape index (κ1) is 18.8. The fraction of sp³-hybridized carbons (Fsp3) is 0.0333. The highest BCUT2D eigenvalue weighted by atomic mass is 15.0. The number of aromatic nitrogens is 1. The number of nitrogens with zero attached hydrogens (tertiary/aromatic N) is 1. The molecule has 0 saturated heterocycles. The summed E-state index contributed by atoms with van der Waals surface area (Å²) in [4.78, 5) is 0. The van der Waals surface area contributed by atoms with Crippen molar-refractivity contribution in [2.45, 2.75) is 6.92 Å². The summed E-state index contributed by atoms with van der Waals surface area (Å²) in [5.41, 5.74) is 9.12. The summed E-state index contributed by atoms with van der Waals surface area (Å²) < 4.78 is 2.61. The van der Waals surface area contributed by atoms with Crippen LogP contribution in [0.15, 0.2) is 121 Å². The van der Waals surface area contributed by atoms with E-state index < -0.39 is 6.28 Å². The minimum absolute atomic E-state index is 1.26. The van der Waals surface area contributed by atoms with Gasteiger partial charge in [-0.15, -0.1) is 16.4 Å². The first-order valence-electron chi connectivity index (χ1n) is 11.3. The van der Waals surface area contributed by atoms with Gasteiger partial charge in [0.1, 0.15) is 0 Å². The van der Waals surface area contributed by atoms with Crippen molar-refractivity contribution < 1.29 is 4.48 Å². The van der Waals surface area contributed by atoms with E-state index in [1.54, 1.807) is 0 Å². The number of hydrogen-bond donors (Lipinski definition) is 0. The summed E-state index contributed by atoms with van der Waals surface area (Å²) in [6.45, 7) is 2.22. The average molecular weight is 409 g/mol. The molecule has 0 atom stereocenters. The Morgan fingerprint density at radius 1 is 0.594 bits per heavy atom. The summed E-state index contributed by atoms with van der Waals surface area (Å²) in [5.74, 6) is 0. The van der Waals surface area contributed by atoms with Crippen LogP contribution in [-0.2, 0) is 0 Å². The number of fused-ring (bicyclic) bond motifs is 3. The Morgan fingerprint density at radius 2 is 1.12 bits per heavy atom. The zero-order valence-electron chi connectivity index (χ0n) is 18.1. The van der Waals surface area contributed by atoms with E-state index in [2.05, 4.69) is 139 Å². The van der Waals surface area contributed by atoms with Gasteiger partial charge in [0.15, 0.2) is 11.2 Å². The van der Waals surface area contributed by atoms with E-state index in [1.165, 1.54) is 44.1 Å². The maximum Gasteiger partial charge on any atom is 0.361 e. The smallest absolute Gasteiger partial charge is 0.361 e. The van der Waals surface area contributed by atoms with Crippen LogP contribution in [0, 0.1) is 6.92 Å². The molecule has 0 saturated carbocycles. The SMILES string of the molecule is Cc1cc2[n+](c3ccccc13)[B-](c1ccccc1)(c1ccccc1)C(c1ccccc1)=C2. The van der Waals surface area contributed by atoms with E-state index in [-0.39, 0.29) is 0 Å². The summed E-state index contributed by atoms with van der Waals surface area (Å²) in [6.07, 6.45) is 0.992. The Labute approximate surface area is 189 Å². The molecule has 5 aromatic rings. The highest BCUT2D eigenvalue weighted by Crippen LogP contribution is 2.33. The van der Waals surface area contributed by atoms with Crippen LogP contribution < -0.4 is 15.4 Å². The quantitative estimate of drug-likeness (QED) is 0.364. The van der Waals surface area contributed by atoms with Crippen molar-refractivity contribution in [2.24, 2.45) is 0 Å². The molecule has 32 heavy (non-hydrogen) atoms. The molecule has 2 heteroatoms. The first-order valence-corrected chi connectivity index (χ1v) is 11.3. The monoisotopic (exact) mass is 409 g/mol. The second kappa shape index (κ2) is 7.35. The minimum Gasteiger partial charge on any atom is -0.402 e. The van der Waals surface area contributed by atoms with Crippen molar-refractivity contribution in [3.63, 3.8) is 0 Å². The van der Waals surface area contributed by atoms with Crippen LogP contribution in [0.25, 0.3) is 22.5 Å². The molecule has 0 fully saturated rings. The zero-order chi connectivity index (χ0) is 21.5. The molecule has 1 aromatic heterocycles. The van der Waals surface area contributed by atoms with Gasteiger partial charge in [-0.3, -0.25) is 0 Å². The van der Waals surface area contributed by atoms with Gasteiger partial charge >= 0.3 is 6.28 Å². The Morgan fingerprint density at radius 3 is 1.75 bits per heavy atom. The fourth-order valence-electron chi connectivity index (χ4n) is 5.76. The van der Waals surface area contributed by atoms with E-state index in [4.69, 9.17) is 0 Å². The van der Waals surface area contributed by atoms with Gasteiger partial charge in [-0.1, -0.05) is 109 Å². The van der Waals surface area contributed by atoms with Gasteiger partial charge in [-0.2, -0.15) is 0 Å². The maximum atomic E-state index is 2.61. The van der Waals surface area contributed by atoms with Crippen LogP contribution in [0.4, 0.5) is 0 Å². The Bertz CT molecular complexity index is 1420. The van der Waals surface area contributed by atoms with Crippen molar-refractivity contribution >= 4 is 39.7 Å².